The molecule has 15 aromatic rings. The van der Waals surface area contributed by atoms with Crippen LogP contribution in [0.1, 0.15) is 5.56 Å². The van der Waals surface area contributed by atoms with Gasteiger partial charge in [0.15, 0.2) is 17.5 Å². The molecule has 0 aliphatic heterocycles. The van der Waals surface area contributed by atoms with Crippen molar-refractivity contribution < 1.29 is 0 Å². The van der Waals surface area contributed by atoms with E-state index in [2.05, 4.69) is 246 Å². The van der Waals surface area contributed by atoms with Crippen LogP contribution < -0.4 is 0 Å². The molecule has 6 heteroatoms. The number of hydrogen-bond donors (Lipinski definition) is 0. The minimum atomic E-state index is 0.490. The molecule has 0 aliphatic rings. The monoisotopic (exact) mass is 1040 g/mol. The van der Waals surface area contributed by atoms with Gasteiger partial charge < -0.3 is 9.13 Å². The van der Waals surface area contributed by atoms with Crippen LogP contribution in [-0.2, 0) is 0 Å². The van der Waals surface area contributed by atoms with Crippen LogP contribution in [0.25, 0.3) is 145 Å². The molecule has 0 unspecified atom stereocenters. The predicted molar refractivity (Wildman–Crippen MR) is 337 cm³/mol. The van der Waals surface area contributed by atoms with Gasteiger partial charge in [-0.2, -0.15) is 5.26 Å². The van der Waals surface area contributed by atoms with Crippen molar-refractivity contribution in [3.63, 3.8) is 0 Å². The molecule has 382 valence electrons. The van der Waals surface area contributed by atoms with Gasteiger partial charge in [-0.3, -0.25) is 0 Å². The van der Waals surface area contributed by atoms with Crippen LogP contribution in [0.5, 0.6) is 0 Å². The Hall–Kier alpha value is -11.3. The van der Waals surface area contributed by atoms with E-state index in [0.717, 1.165) is 127 Å². The predicted octanol–water partition coefficient (Wildman–Crippen LogP) is 19.3. The first-order chi connectivity index (χ1) is 40.6. The highest BCUT2D eigenvalue weighted by Crippen LogP contribution is 2.44. The molecule has 3 heterocycles. The summed E-state index contributed by atoms with van der Waals surface area (Å²) in [7, 11) is 0. The van der Waals surface area contributed by atoms with Crippen LogP contribution in [-0.4, -0.2) is 24.1 Å². The average Bonchev–Trinajstić information content (AvgIpc) is 3.89. The lowest BCUT2D eigenvalue weighted by Gasteiger charge is -2.18. The van der Waals surface area contributed by atoms with Crippen molar-refractivity contribution in [1.29, 1.82) is 5.26 Å². The zero-order valence-corrected chi connectivity index (χ0v) is 44.4. The quantitative estimate of drug-likeness (QED) is 0.137. The Morgan fingerprint density at radius 1 is 0.256 bits per heavy atom. The van der Waals surface area contributed by atoms with Gasteiger partial charge in [-0.05, 0) is 123 Å². The summed E-state index contributed by atoms with van der Waals surface area (Å²) < 4.78 is 4.63. The zero-order valence-electron chi connectivity index (χ0n) is 44.4. The van der Waals surface area contributed by atoms with Crippen LogP contribution >= 0.6 is 0 Å². The minimum absolute atomic E-state index is 0.490. The molecule has 0 saturated carbocycles. The highest BCUT2D eigenvalue weighted by atomic mass is 15.0. The fourth-order valence-electron chi connectivity index (χ4n) is 11.9. The molecule has 3 aromatic heterocycles. The molecule has 0 saturated heterocycles. The van der Waals surface area contributed by atoms with Crippen LogP contribution in [0, 0.1) is 11.3 Å². The van der Waals surface area contributed by atoms with Gasteiger partial charge in [0.25, 0.3) is 0 Å². The molecule has 82 heavy (non-hydrogen) atoms. The summed E-state index contributed by atoms with van der Waals surface area (Å²) in [5, 5.41) is 16.4. The maximum atomic E-state index is 11.9. The summed E-state index contributed by atoms with van der Waals surface area (Å²) in [6.07, 6.45) is 0. The summed E-state index contributed by atoms with van der Waals surface area (Å²) in [5.41, 5.74) is 19.4. The molecule has 0 aliphatic carbocycles. The number of hydrogen-bond acceptors (Lipinski definition) is 4. The van der Waals surface area contributed by atoms with Crippen LogP contribution in [0.15, 0.2) is 291 Å². The number of nitriles is 1. The minimum Gasteiger partial charge on any atom is -0.309 e. The summed E-state index contributed by atoms with van der Waals surface area (Å²) in [5.74, 6) is 1.59. The van der Waals surface area contributed by atoms with Gasteiger partial charge in [-0.25, -0.2) is 15.0 Å². The molecule has 0 fully saturated rings. The van der Waals surface area contributed by atoms with E-state index in [0.29, 0.717) is 23.0 Å². The Balaban J connectivity index is 0.999. The average molecular weight is 1050 g/mol. The van der Waals surface area contributed by atoms with E-state index in [1.54, 1.807) is 0 Å². The molecule has 6 nitrogen and oxygen atoms in total. The van der Waals surface area contributed by atoms with E-state index in [9.17, 15) is 5.26 Å². The third kappa shape index (κ3) is 8.40. The van der Waals surface area contributed by atoms with Crippen molar-refractivity contribution in [2.75, 3.05) is 0 Å². The van der Waals surface area contributed by atoms with E-state index in [1.165, 1.54) is 0 Å². The number of fused-ring (bicyclic) bond motifs is 6. The van der Waals surface area contributed by atoms with Crippen molar-refractivity contribution in [2.45, 2.75) is 0 Å². The van der Waals surface area contributed by atoms with E-state index in [4.69, 9.17) is 15.0 Å². The Bertz CT molecular complexity index is 4700. The molecule has 0 N–H and O–H groups in total. The lowest BCUT2D eigenvalue weighted by atomic mass is 9.93. The van der Waals surface area contributed by atoms with E-state index in [-0.39, 0.29) is 0 Å². The van der Waals surface area contributed by atoms with Crippen LogP contribution in [0.2, 0.25) is 0 Å². The lowest BCUT2D eigenvalue weighted by molar-refractivity contribution is 1.07. The topological polar surface area (TPSA) is 72.3 Å². The third-order valence-electron chi connectivity index (χ3n) is 15.8. The van der Waals surface area contributed by atoms with Crippen molar-refractivity contribution in [1.82, 2.24) is 24.1 Å². The highest BCUT2D eigenvalue weighted by Gasteiger charge is 2.24. The fraction of sp³-hybridized carbons (Fsp3) is 0. The summed E-state index contributed by atoms with van der Waals surface area (Å²) in [6.45, 7) is 0. The Morgan fingerprint density at radius 2 is 0.610 bits per heavy atom. The second kappa shape index (κ2) is 20.2. The molecule has 15 rings (SSSR count). The third-order valence-corrected chi connectivity index (χ3v) is 15.8. The highest BCUT2D eigenvalue weighted by molar-refractivity contribution is 6.13. The zero-order chi connectivity index (χ0) is 54.5. The van der Waals surface area contributed by atoms with E-state index < -0.39 is 0 Å². The molecule has 0 bridgehead atoms. The van der Waals surface area contributed by atoms with Crippen LogP contribution in [0.3, 0.4) is 0 Å². The molecule has 0 atom stereocenters. The standard InChI is InChI=1S/C76H48N6/c77-49-68-61(32-19-33-69(68)82-72-42-36-58(52-24-11-3-12-25-52)46-66(72)67-47-59(37-43-73(67)82)53-26-13-4-14-27-53)63-48-60(38-39-62(63)76-79-74(54-28-15-5-16-29-54)78-75(80-76)55-30-17-6-18-31-55)81-70-40-34-56(50-20-7-1-8-21-50)44-64(70)65-45-57(35-41-71(65)81)51-22-9-2-10-23-51/h1-48H. The number of rotatable bonds is 10. The van der Waals surface area contributed by atoms with Crippen LogP contribution in [0.4, 0.5) is 0 Å². The first-order valence-electron chi connectivity index (χ1n) is 27.6. The van der Waals surface area contributed by atoms with Gasteiger partial charge in [-0.1, -0.05) is 218 Å². The van der Waals surface area contributed by atoms with Crippen molar-refractivity contribution >= 4 is 43.6 Å². The number of aromatic nitrogens is 5. The molecular formula is C76H48N6. The summed E-state index contributed by atoms with van der Waals surface area (Å²) >= 11 is 0. The summed E-state index contributed by atoms with van der Waals surface area (Å²) in [4.78, 5) is 15.7. The number of nitrogens with zero attached hydrogens (tertiary/aromatic N) is 6. The maximum absolute atomic E-state index is 11.9. The molecule has 0 amide bonds. The first-order valence-corrected chi connectivity index (χ1v) is 27.6. The first kappa shape index (κ1) is 47.9. The van der Waals surface area contributed by atoms with Gasteiger partial charge in [0.1, 0.15) is 6.07 Å². The molecule has 12 aromatic carbocycles. The van der Waals surface area contributed by atoms with Gasteiger partial charge in [-0.15, -0.1) is 0 Å². The number of benzene rings is 12. The van der Waals surface area contributed by atoms with Gasteiger partial charge >= 0.3 is 0 Å². The van der Waals surface area contributed by atoms with E-state index >= 15 is 0 Å². The smallest absolute Gasteiger partial charge is 0.164 e. The van der Waals surface area contributed by atoms with Crippen molar-refractivity contribution in [3.05, 3.63) is 297 Å². The SMILES string of the molecule is N#Cc1c(-c2cc(-n3c4ccc(-c5ccccc5)cc4c4cc(-c5ccccc5)ccc43)ccc2-c2nc(-c3ccccc3)nc(-c3ccccc3)n2)cccc1-n1c2ccc(-c3ccccc3)cc2c2cc(-c3ccccc3)ccc21. The Kier molecular flexibility index (Phi) is 11.8. The van der Waals surface area contributed by atoms with E-state index in [1.807, 2.05) is 60.7 Å². The van der Waals surface area contributed by atoms with Crippen molar-refractivity contribution in [2.24, 2.45) is 0 Å². The van der Waals surface area contributed by atoms with Gasteiger partial charge in [0, 0.05) is 49.5 Å². The Labute approximate surface area is 474 Å². The molecular weight excluding hydrogens is 997 g/mol. The second-order valence-electron chi connectivity index (χ2n) is 20.6. The largest absolute Gasteiger partial charge is 0.309 e. The Morgan fingerprint density at radius 3 is 0.988 bits per heavy atom. The second-order valence-corrected chi connectivity index (χ2v) is 20.6. The maximum Gasteiger partial charge on any atom is 0.164 e. The summed E-state index contributed by atoms with van der Waals surface area (Å²) in [6, 6.07) is 105. The fourth-order valence-corrected chi connectivity index (χ4v) is 11.9. The van der Waals surface area contributed by atoms with Gasteiger partial charge in [0.05, 0.1) is 33.3 Å². The van der Waals surface area contributed by atoms with Crippen molar-refractivity contribution in [3.8, 4) is 107 Å². The normalized spacial score (nSPS) is 11.4. The molecule has 0 radical (unpaired) electrons. The van der Waals surface area contributed by atoms with Gasteiger partial charge in [0.2, 0.25) is 0 Å². The lowest BCUT2D eigenvalue weighted by Crippen LogP contribution is -2.04. The molecule has 0 spiro atoms.